The maximum Gasteiger partial charge on any atom is 0.573 e. The summed E-state index contributed by atoms with van der Waals surface area (Å²) >= 11 is 0. The van der Waals surface area contributed by atoms with E-state index in [1.807, 2.05) is 0 Å². The Morgan fingerprint density at radius 1 is 1.30 bits per heavy atom. The summed E-state index contributed by atoms with van der Waals surface area (Å²) < 4.78 is 42.0. The number of primary amides is 1. The zero-order valence-corrected chi connectivity index (χ0v) is 10.1. The van der Waals surface area contributed by atoms with E-state index in [1.54, 1.807) is 6.07 Å². The average molecular weight is 285 g/mol. The van der Waals surface area contributed by atoms with Gasteiger partial charge in [0.05, 0.1) is 12.1 Å². The first-order chi connectivity index (χ1) is 9.35. The highest BCUT2D eigenvalue weighted by atomic mass is 19.4. The summed E-state index contributed by atoms with van der Waals surface area (Å²) in [5, 5.41) is 3.98. The molecule has 0 atom stereocenters. The average Bonchev–Trinajstić information content (AvgIpc) is 2.75. The summed E-state index contributed by atoms with van der Waals surface area (Å²) in [7, 11) is 0. The fraction of sp³-hybridized carbons (Fsp3) is 0.167. The van der Waals surface area contributed by atoms with Crippen LogP contribution in [-0.4, -0.2) is 22.1 Å². The van der Waals surface area contributed by atoms with Crippen LogP contribution >= 0.6 is 0 Å². The Morgan fingerprint density at radius 2 is 2.00 bits per heavy atom. The van der Waals surface area contributed by atoms with E-state index in [1.165, 1.54) is 35.1 Å². The van der Waals surface area contributed by atoms with Gasteiger partial charge in [0.15, 0.2) is 5.75 Å². The van der Waals surface area contributed by atoms with Gasteiger partial charge in [0.25, 0.3) is 0 Å². The molecule has 0 fully saturated rings. The molecule has 106 valence electrons. The van der Waals surface area contributed by atoms with Crippen LogP contribution in [0, 0.1) is 0 Å². The van der Waals surface area contributed by atoms with E-state index in [0.717, 1.165) is 0 Å². The van der Waals surface area contributed by atoms with Gasteiger partial charge in [0, 0.05) is 6.20 Å². The third kappa shape index (κ3) is 3.50. The lowest BCUT2D eigenvalue weighted by molar-refractivity contribution is -0.274. The summed E-state index contributed by atoms with van der Waals surface area (Å²) in [6.45, 7) is 0. The minimum absolute atomic E-state index is 0.0880. The van der Waals surface area contributed by atoms with Crippen molar-refractivity contribution in [3.05, 3.63) is 42.2 Å². The van der Waals surface area contributed by atoms with Crippen molar-refractivity contribution >= 4 is 5.91 Å². The fourth-order valence-corrected chi connectivity index (χ4v) is 1.63. The standard InChI is InChI=1S/C12H10F3N3O2/c13-12(14,15)20-10-4-2-1-3-9(10)18-6-5-8(17-18)7-11(16)19/h1-6H,7H2,(H2,16,19). The predicted octanol–water partition coefficient (Wildman–Crippen LogP) is 1.80. The van der Waals surface area contributed by atoms with Crippen LogP contribution in [0.4, 0.5) is 13.2 Å². The van der Waals surface area contributed by atoms with Crippen molar-refractivity contribution in [2.24, 2.45) is 5.73 Å². The van der Waals surface area contributed by atoms with Gasteiger partial charge < -0.3 is 10.5 Å². The molecule has 2 rings (SSSR count). The first kappa shape index (κ1) is 13.9. The van der Waals surface area contributed by atoms with Gasteiger partial charge in [-0.3, -0.25) is 4.79 Å². The van der Waals surface area contributed by atoms with Crippen molar-refractivity contribution < 1.29 is 22.7 Å². The van der Waals surface area contributed by atoms with Gasteiger partial charge in [0.2, 0.25) is 5.91 Å². The van der Waals surface area contributed by atoms with E-state index in [0.29, 0.717) is 5.69 Å². The highest BCUT2D eigenvalue weighted by Gasteiger charge is 2.32. The normalized spacial score (nSPS) is 11.3. The number of hydrogen-bond donors (Lipinski definition) is 1. The molecule has 0 bridgehead atoms. The number of halogens is 3. The highest BCUT2D eigenvalue weighted by molar-refractivity contribution is 5.76. The summed E-state index contributed by atoms with van der Waals surface area (Å²) in [5.74, 6) is -0.955. The molecule has 0 aliphatic rings. The number of benzene rings is 1. The zero-order valence-electron chi connectivity index (χ0n) is 10.1. The molecule has 1 amide bonds. The largest absolute Gasteiger partial charge is 0.573 e. The lowest BCUT2D eigenvalue weighted by atomic mass is 10.3. The Kier molecular flexibility index (Phi) is 3.64. The molecule has 0 spiro atoms. The Bertz CT molecular complexity index is 622. The Hall–Kier alpha value is -2.51. The maximum atomic E-state index is 12.3. The highest BCUT2D eigenvalue weighted by Crippen LogP contribution is 2.28. The van der Waals surface area contributed by atoms with Gasteiger partial charge in [-0.05, 0) is 18.2 Å². The molecule has 1 aromatic heterocycles. The first-order valence-electron chi connectivity index (χ1n) is 5.53. The Morgan fingerprint density at radius 3 is 2.65 bits per heavy atom. The van der Waals surface area contributed by atoms with Crippen molar-refractivity contribution in [1.29, 1.82) is 0 Å². The summed E-state index contributed by atoms with van der Waals surface area (Å²) in [5.41, 5.74) is 5.50. The molecule has 1 heterocycles. The van der Waals surface area contributed by atoms with Gasteiger partial charge in [-0.1, -0.05) is 12.1 Å². The molecule has 0 saturated carbocycles. The lowest BCUT2D eigenvalue weighted by Crippen LogP contribution is -2.18. The summed E-state index contributed by atoms with van der Waals surface area (Å²) in [6, 6.07) is 7.06. The third-order valence-corrected chi connectivity index (χ3v) is 2.34. The second-order valence-corrected chi connectivity index (χ2v) is 3.91. The molecule has 2 aromatic rings. The van der Waals surface area contributed by atoms with Gasteiger partial charge in [-0.15, -0.1) is 13.2 Å². The number of nitrogens with two attached hydrogens (primary N) is 1. The number of ether oxygens (including phenoxy) is 1. The number of carbonyl (C=O) groups is 1. The second-order valence-electron chi connectivity index (χ2n) is 3.91. The zero-order chi connectivity index (χ0) is 14.8. The van der Waals surface area contributed by atoms with Crippen molar-refractivity contribution in [2.75, 3.05) is 0 Å². The van der Waals surface area contributed by atoms with Crippen molar-refractivity contribution in [3.63, 3.8) is 0 Å². The molecule has 0 aliphatic carbocycles. The molecule has 0 aliphatic heterocycles. The molecule has 2 N–H and O–H groups in total. The van der Waals surface area contributed by atoms with Crippen LogP contribution < -0.4 is 10.5 Å². The summed E-state index contributed by atoms with van der Waals surface area (Å²) in [4.78, 5) is 10.8. The first-order valence-corrected chi connectivity index (χ1v) is 5.53. The quantitative estimate of drug-likeness (QED) is 0.931. The van der Waals surface area contributed by atoms with Crippen LogP contribution in [0.15, 0.2) is 36.5 Å². The third-order valence-electron chi connectivity index (χ3n) is 2.34. The topological polar surface area (TPSA) is 70.1 Å². The monoisotopic (exact) mass is 285 g/mol. The van der Waals surface area contributed by atoms with Crippen LogP contribution in [0.1, 0.15) is 5.69 Å². The fourth-order valence-electron chi connectivity index (χ4n) is 1.63. The molecule has 0 radical (unpaired) electrons. The molecule has 0 saturated heterocycles. The number of alkyl halides is 3. The molecule has 8 heteroatoms. The molecule has 0 unspecified atom stereocenters. The number of hydrogen-bond acceptors (Lipinski definition) is 3. The minimum atomic E-state index is -4.79. The van der Waals surface area contributed by atoms with Crippen molar-refractivity contribution in [3.8, 4) is 11.4 Å². The number of para-hydroxylation sites is 2. The van der Waals surface area contributed by atoms with Crippen molar-refractivity contribution in [1.82, 2.24) is 9.78 Å². The minimum Gasteiger partial charge on any atom is -0.403 e. The van der Waals surface area contributed by atoms with E-state index in [4.69, 9.17) is 5.73 Å². The number of amides is 1. The SMILES string of the molecule is NC(=O)Cc1ccn(-c2ccccc2OC(F)(F)F)n1. The van der Waals surface area contributed by atoms with Gasteiger partial charge in [-0.2, -0.15) is 5.10 Å². The number of aromatic nitrogens is 2. The van der Waals surface area contributed by atoms with Crippen molar-refractivity contribution in [2.45, 2.75) is 12.8 Å². The van der Waals surface area contributed by atoms with Gasteiger partial charge >= 0.3 is 6.36 Å². The van der Waals surface area contributed by atoms with Crippen LogP contribution in [0.2, 0.25) is 0 Å². The smallest absolute Gasteiger partial charge is 0.403 e. The summed E-state index contributed by atoms with van der Waals surface area (Å²) in [6.07, 6.45) is -3.45. The van der Waals surface area contributed by atoms with Crippen LogP contribution in [0.25, 0.3) is 5.69 Å². The van der Waals surface area contributed by atoms with E-state index in [9.17, 15) is 18.0 Å². The van der Waals surface area contributed by atoms with Crippen LogP contribution in [0.5, 0.6) is 5.75 Å². The molecular weight excluding hydrogens is 275 g/mol. The second kappa shape index (κ2) is 5.24. The molecular formula is C12H10F3N3O2. The van der Waals surface area contributed by atoms with Crippen LogP contribution in [0.3, 0.4) is 0 Å². The van der Waals surface area contributed by atoms with E-state index in [-0.39, 0.29) is 17.9 Å². The Labute approximate surface area is 111 Å². The van der Waals surface area contributed by atoms with E-state index in [2.05, 4.69) is 9.84 Å². The Balaban J connectivity index is 2.32. The predicted molar refractivity (Wildman–Crippen MR) is 63.1 cm³/mol. The van der Waals surface area contributed by atoms with Gasteiger partial charge in [-0.25, -0.2) is 4.68 Å². The van der Waals surface area contributed by atoms with Gasteiger partial charge in [0.1, 0.15) is 5.69 Å². The maximum absolute atomic E-state index is 12.3. The van der Waals surface area contributed by atoms with E-state index < -0.39 is 12.3 Å². The van der Waals surface area contributed by atoms with E-state index >= 15 is 0 Å². The number of rotatable bonds is 4. The van der Waals surface area contributed by atoms with Crippen LogP contribution in [-0.2, 0) is 11.2 Å². The molecule has 5 nitrogen and oxygen atoms in total. The molecule has 1 aromatic carbocycles. The molecule has 20 heavy (non-hydrogen) atoms. The number of carbonyl (C=O) groups excluding carboxylic acids is 1. The lowest BCUT2D eigenvalue weighted by Gasteiger charge is -2.12. The number of nitrogens with zero attached hydrogens (tertiary/aromatic N) is 2.